The molecule has 1 heterocycles. The number of aliphatic hydroxyl groups excluding tert-OH is 1. The van der Waals surface area contributed by atoms with E-state index in [2.05, 4.69) is 29.2 Å². The first-order valence-corrected chi connectivity index (χ1v) is 6.61. The molecular formula is C16H19NO2. The van der Waals surface area contributed by atoms with Crippen LogP contribution in [0.5, 0.6) is 5.75 Å². The number of benzene rings is 1. The third-order valence-corrected chi connectivity index (χ3v) is 2.93. The fraction of sp³-hybridized carbons (Fsp3) is 0.312. The first kappa shape index (κ1) is 13.6. The molecule has 0 amide bonds. The molecular weight excluding hydrogens is 238 g/mol. The normalized spacial score (nSPS) is 10.4. The monoisotopic (exact) mass is 257 g/mol. The minimum atomic E-state index is -0.0304. The van der Waals surface area contributed by atoms with Crippen molar-refractivity contribution in [1.82, 2.24) is 4.98 Å². The van der Waals surface area contributed by atoms with E-state index in [1.54, 1.807) is 12.3 Å². The van der Waals surface area contributed by atoms with E-state index in [9.17, 15) is 0 Å². The Morgan fingerprint density at radius 3 is 2.53 bits per heavy atom. The molecule has 0 fully saturated rings. The maximum Gasteiger partial charge on any atom is 0.137 e. The molecule has 100 valence electrons. The molecule has 1 aromatic carbocycles. The van der Waals surface area contributed by atoms with Crippen molar-refractivity contribution in [1.29, 1.82) is 0 Å². The number of aromatic nitrogens is 1. The Hall–Kier alpha value is -1.87. The zero-order valence-electron chi connectivity index (χ0n) is 11.0. The van der Waals surface area contributed by atoms with Gasteiger partial charge in [0.1, 0.15) is 5.75 Å². The minimum Gasteiger partial charge on any atom is -0.492 e. The number of unbranched alkanes of at least 4 members (excludes halogenated alkanes) is 1. The van der Waals surface area contributed by atoms with Crippen molar-refractivity contribution in [3.8, 4) is 5.75 Å². The van der Waals surface area contributed by atoms with E-state index in [1.807, 2.05) is 12.1 Å². The molecule has 2 rings (SSSR count). The van der Waals surface area contributed by atoms with Crippen LogP contribution in [-0.2, 0) is 13.0 Å². The van der Waals surface area contributed by atoms with Gasteiger partial charge < -0.3 is 9.84 Å². The van der Waals surface area contributed by atoms with E-state index in [1.165, 1.54) is 5.56 Å². The Balaban J connectivity index is 1.63. The second kappa shape index (κ2) is 7.54. The maximum atomic E-state index is 8.88. The third kappa shape index (κ3) is 4.72. The molecule has 2 aromatic rings. The van der Waals surface area contributed by atoms with Gasteiger partial charge >= 0.3 is 0 Å². The van der Waals surface area contributed by atoms with Crippen molar-refractivity contribution in [3.05, 3.63) is 59.9 Å². The highest BCUT2D eigenvalue weighted by molar-refractivity contribution is 5.19. The molecule has 1 aromatic heterocycles. The van der Waals surface area contributed by atoms with Crippen LogP contribution >= 0.6 is 0 Å². The fourth-order valence-corrected chi connectivity index (χ4v) is 1.86. The lowest BCUT2D eigenvalue weighted by atomic mass is 10.1. The Labute approximate surface area is 113 Å². The predicted molar refractivity (Wildman–Crippen MR) is 75.0 cm³/mol. The molecule has 0 aliphatic heterocycles. The molecule has 0 radical (unpaired) electrons. The van der Waals surface area contributed by atoms with Crippen molar-refractivity contribution >= 4 is 0 Å². The lowest BCUT2D eigenvalue weighted by Crippen LogP contribution is -1.99. The van der Waals surface area contributed by atoms with Crippen LogP contribution in [0.1, 0.15) is 24.1 Å². The minimum absolute atomic E-state index is 0.0304. The Bertz CT molecular complexity index is 468. The van der Waals surface area contributed by atoms with Gasteiger partial charge in [-0.05, 0) is 37.0 Å². The molecule has 19 heavy (non-hydrogen) atoms. The average molecular weight is 257 g/mol. The molecule has 3 nitrogen and oxygen atoms in total. The first-order chi connectivity index (χ1) is 9.38. The second-order valence-corrected chi connectivity index (χ2v) is 4.43. The number of pyridine rings is 1. The summed E-state index contributed by atoms with van der Waals surface area (Å²) in [7, 11) is 0. The standard InChI is InChI=1S/C16H19NO2/c18-13-15-9-10-16(12-17-15)19-11-5-4-8-14-6-2-1-3-7-14/h1-3,6-7,9-10,12,18H,4-5,8,11,13H2. The van der Waals surface area contributed by atoms with Crippen LogP contribution in [0.3, 0.4) is 0 Å². The highest BCUT2D eigenvalue weighted by Gasteiger charge is 1.97. The van der Waals surface area contributed by atoms with Crippen LogP contribution in [0.2, 0.25) is 0 Å². The zero-order chi connectivity index (χ0) is 13.3. The average Bonchev–Trinajstić information content (AvgIpc) is 2.49. The van der Waals surface area contributed by atoms with Gasteiger partial charge in [-0.2, -0.15) is 0 Å². The number of nitrogens with zero attached hydrogens (tertiary/aromatic N) is 1. The van der Waals surface area contributed by atoms with Gasteiger partial charge in [0.15, 0.2) is 0 Å². The van der Waals surface area contributed by atoms with Crippen molar-refractivity contribution in [2.45, 2.75) is 25.9 Å². The molecule has 3 heteroatoms. The third-order valence-electron chi connectivity index (χ3n) is 2.93. The van der Waals surface area contributed by atoms with Gasteiger partial charge in [0.2, 0.25) is 0 Å². The SMILES string of the molecule is OCc1ccc(OCCCCc2ccccc2)cn1. The predicted octanol–water partition coefficient (Wildman–Crippen LogP) is 2.98. The van der Waals surface area contributed by atoms with Crippen LogP contribution in [0.15, 0.2) is 48.7 Å². The van der Waals surface area contributed by atoms with Crippen LogP contribution in [0, 0.1) is 0 Å². The van der Waals surface area contributed by atoms with Gasteiger partial charge in [-0.1, -0.05) is 30.3 Å². The van der Waals surface area contributed by atoms with Gasteiger partial charge in [0.25, 0.3) is 0 Å². The van der Waals surface area contributed by atoms with E-state index in [4.69, 9.17) is 9.84 Å². The number of aliphatic hydroxyl groups is 1. The van der Waals surface area contributed by atoms with Crippen molar-refractivity contribution in [2.24, 2.45) is 0 Å². The summed E-state index contributed by atoms with van der Waals surface area (Å²) >= 11 is 0. The van der Waals surface area contributed by atoms with Gasteiger partial charge in [-0.3, -0.25) is 4.98 Å². The number of ether oxygens (including phenoxy) is 1. The van der Waals surface area contributed by atoms with Crippen LogP contribution in [-0.4, -0.2) is 16.7 Å². The number of hydrogen-bond donors (Lipinski definition) is 1. The van der Waals surface area contributed by atoms with Crippen molar-refractivity contribution in [3.63, 3.8) is 0 Å². The molecule has 0 aliphatic carbocycles. The number of hydrogen-bond acceptors (Lipinski definition) is 3. The second-order valence-electron chi connectivity index (χ2n) is 4.43. The molecule has 0 unspecified atom stereocenters. The van der Waals surface area contributed by atoms with E-state index >= 15 is 0 Å². The highest BCUT2D eigenvalue weighted by atomic mass is 16.5. The van der Waals surface area contributed by atoms with E-state index in [-0.39, 0.29) is 6.61 Å². The van der Waals surface area contributed by atoms with Gasteiger partial charge in [0.05, 0.1) is 25.1 Å². The summed E-state index contributed by atoms with van der Waals surface area (Å²) in [5, 5.41) is 8.88. The van der Waals surface area contributed by atoms with Crippen molar-refractivity contribution in [2.75, 3.05) is 6.61 Å². The summed E-state index contributed by atoms with van der Waals surface area (Å²) in [6.45, 7) is 0.671. The van der Waals surface area contributed by atoms with Crippen LogP contribution in [0.4, 0.5) is 0 Å². The first-order valence-electron chi connectivity index (χ1n) is 6.61. The number of aryl methyl sites for hydroxylation is 1. The fourth-order valence-electron chi connectivity index (χ4n) is 1.86. The summed E-state index contributed by atoms with van der Waals surface area (Å²) in [5.41, 5.74) is 2.04. The molecule has 0 atom stereocenters. The zero-order valence-corrected chi connectivity index (χ0v) is 11.0. The highest BCUT2D eigenvalue weighted by Crippen LogP contribution is 2.10. The van der Waals surface area contributed by atoms with Crippen LogP contribution in [0.25, 0.3) is 0 Å². The molecule has 0 bridgehead atoms. The topological polar surface area (TPSA) is 42.4 Å². The lowest BCUT2D eigenvalue weighted by Gasteiger charge is -2.06. The largest absolute Gasteiger partial charge is 0.492 e. The van der Waals surface area contributed by atoms with Gasteiger partial charge in [-0.15, -0.1) is 0 Å². The quantitative estimate of drug-likeness (QED) is 0.775. The van der Waals surface area contributed by atoms with Gasteiger partial charge in [-0.25, -0.2) is 0 Å². The molecule has 0 spiro atoms. The summed E-state index contributed by atoms with van der Waals surface area (Å²) in [5.74, 6) is 0.761. The molecule has 0 saturated carbocycles. The van der Waals surface area contributed by atoms with Gasteiger partial charge in [0, 0.05) is 0 Å². The van der Waals surface area contributed by atoms with Crippen molar-refractivity contribution < 1.29 is 9.84 Å². The Morgan fingerprint density at radius 2 is 1.84 bits per heavy atom. The maximum absolute atomic E-state index is 8.88. The lowest BCUT2D eigenvalue weighted by molar-refractivity contribution is 0.275. The van der Waals surface area contributed by atoms with Crippen LogP contribution < -0.4 is 4.74 Å². The smallest absolute Gasteiger partial charge is 0.137 e. The number of rotatable bonds is 7. The summed E-state index contributed by atoms with van der Waals surface area (Å²) in [6, 6.07) is 14.1. The Kier molecular flexibility index (Phi) is 5.38. The summed E-state index contributed by atoms with van der Waals surface area (Å²) < 4.78 is 5.60. The Morgan fingerprint density at radius 1 is 1.00 bits per heavy atom. The molecule has 0 saturated heterocycles. The molecule has 0 aliphatic rings. The van der Waals surface area contributed by atoms with E-state index in [0.29, 0.717) is 12.3 Å². The van der Waals surface area contributed by atoms with E-state index < -0.39 is 0 Å². The molecule has 1 N–H and O–H groups in total. The summed E-state index contributed by atoms with van der Waals surface area (Å²) in [6.07, 6.45) is 4.89. The van der Waals surface area contributed by atoms with E-state index in [0.717, 1.165) is 25.0 Å². The summed E-state index contributed by atoms with van der Waals surface area (Å²) in [4.78, 5) is 4.07.